The Morgan fingerprint density at radius 1 is 0.806 bits per heavy atom. The molecule has 2 aliphatic heterocycles. The molecule has 0 spiro atoms. The van der Waals surface area contributed by atoms with Gasteiger partial charge in [0.2, 0.25) is 5.91 Å². The summed E-state index contributed by atoms with van der Waals surface area (Å²) >= 11 is 12.2. The number of nitriles is 2. The van der Waals surface area contributed by atoms with E-state index in [0.717, 1.165) is 27.8 Å². The zero-order valence-electron chi connectivity index (χ0n) is 32.9. The lowest BCUT2D eigenvalue weighted by Crippen LogP contribution is -2.56. The van der Waals surface area contributed by atoms with Crippen molar-refractivity contribution in [3.8, 4) is 40.5 Å². The second kappa shape index (κ2) is 18.1. The Morgan fingerprint density at radius 2 is 1.50 bits per heavy atom. The molecule has 11 nitrogen and oxygen atoms in total. The van der Waals surface area contributed by atoms with Crippen molar-refractivity contribution in [1.29, 1.82) is 10.5 Å². The number of hydrogen-bond donors (Lipinski definition) is 2. The second-order valence-corrected chi connectivity index (χ2v) is 15.7. The number of amides is 2. The molecule has 0 saturated heterocycles. The van der Waals surface area contributed by atoms with Crippen molar-refractivity contribution >= 4 is 41.0 Å². The molecule has 0 radical (unpaired) electrons. The number of carboxylic acid groups (broad SMARTS) is 1. The summed E-state index contributed by atoms with van der Waals surface area (Å²) in [6.07, 6.45) is -0.415. The number of carboxylic acids is 1. The first-order valence-electron chi connectivity index (χ1n) is 19.6. The molecule has 0 bridgehead atoms. The molecule has 2 N–H and O–H groups in total. The van der Waals surface area contributed by atoms with Gasteiger partial charge in [-0.25, -0.2) is 4.79 Å². The van der Waals surface area contributed by atoms with Crippen LogP contribution in [0.4, 0.5) is 0 Å². The highest BCUT2D eigenvalue weighted by molar-refractivity contribution is 6.42. The average molecular weight is 864 g/mol. The van der Waals surface area contributed by atoms with Crippen LogP contribution in [0.25, 0.3) is 11.1 Å². The maximum Gasteiger partial charge on any atom is 0.326 e. The van der Waals surface area contributed by atoms with E-state index in [-0.39, 0.29) is 37.1 Å². The first kappa shape index (κ1) is 41.4. The highest BCUT2D eigenvalue weighted by atomic mass is 35.5. The molecular weight excluding hydrogens is 827 g/mol. The molecule has 6 aromatic carbocycles. The summed E-state index contributed by atoms with van der Waals surface area (Å²) in [6, 6.07) is 38.9. The number of benzene rings is 6. The Balaban J connectivity index is 0.998. The van der Waals surface area contributed by atoms with Gasteiger partial charge in [-0.2, -0.15) is 10.5 Å². The fourth-order valence-electron chi connectivity index (χ4n) is 7.53. The Morgan fingerprint density at radius 3 is 2.19 bits per heavy atom. The maximum atomic E-state index is 14.3. The molecule has 1 unspecified atom stereocenters. The summed E-state index contributed by atoms with van der Waals surface area (Å²) in [6.45, 7) is 0.496. The smallest absolute Gasteiger partial charge is 0.326 e. The average Bonchev–Trinajstić information content (AvgIpc) is 3.30. The minimum Gasteiger partial charge on any atom is -0.489 e. The first-order chi connectivity index (χ1) is 30.1. The van der Waals surface area contributed by atoms with Gasteiger partial charge < -0.3 is 29.5 Å². The van der Waals surface area contributed by atoms with Gasteiger partial charge in [-0.3, -0.25) is 9.59 Å². The summed E-state index contributed by atoms with van der Waals surface area (Å²) < 4.78 is 18.6. The van der Waals surface area contributed by atoms with Gasteiger partial charge in [-0.15, -0.1) is 0 Å². The number of hydrogen-bond acceptors (Lipinski definition) is 8. The minimum absolute atomic E-state index is 0.0163. The van der Waals surface area contributed by atoms with Gasteiger partial charge in [0.1, 0.15) is 31.0 Å². The maximum absolute atomic E-state index is 14.3. The van der Waals surface area contributed by atoms with E-state index in [1.165, 1.54) is 17.0 Å². The van der Waals surface area contributed by atoms with Crippen molar-refractivity contribution in [1.82, 2.24) is 10.2 Å². The fourth-order valence-corrected chi connectivity index (χ4v) is 7.85. The predicted molar refractivity (Wildman–Crippen MR) is 231 cm³/mol. The minimum atomic E-state index is -1.31. The summed E-state index contributed by atoms with van der Waals surface area (Å²) in [7, 11) is 0. The highest BCUT2D eigenvalue weighted by Crippen LogP contribution is 2.41. The molecule has 13 heteroatoms. The molecule has 8 rings (SSSR count). The van der Waals surface area contributed by atoms with E-state index in [0.29, 0.717) is 50.6 Å². The monoisotopic (exact) mass is 862 g/mol. The Kier molecular flexibility index (Phi) is 12.1. The second-order valence-electron chi connectivity index (χ2n) is 14.9. The van der Waals surface area contributed by atoms with Crippen molar-refractivity contribution in [2.45, 2.75) is 44.2 Å². The molecule has 3 atom stereocenters. The van der Waals surface area contributed by atoms with Crippen LogP contribution in [0.2, 0.25) is 10.0 Å². The molecule has 2 aliphatic rings. The first-order valence-corrected chi connectivity index (χ1v) is 20.4. The molecule has 2 heterocycles. The molecule has 2 amide bonds. The lowest BCUT2D eigenvalue weighted by Gasteiger charge is -2.38. The predicted octanol–water partition coefficient (Wildman–Crippen LogP) is 8.87. The van der Waals surface area contributed by atoms with Crippen LogP contribution < -0.4 is 19.5 Å². The zero-order valence-corrected chi connectivity index (χ0v) is 34.4. The Hall–Kier alpha value is -7.31. The highest BCUT2D eigenvalue weighted by Gasteiger charge is 2.39. The quantitative estimate of drug-likeness (QED) is 0.130. The van der Waals surface area contributed by atoms with Crippen LogP contribution in [0.5, 0.6) is 17.2 Å². The summed E-state index contributed by atoms with van der Waals surface area (Å²) in [5.41, 5.74) is 6.43. The summed E-state index contributed by atoms with van der Waals surface area (Å²) in [5, 5.41) is 32.9. The lowest BCUT2D eigenvalue weighted by atomic mass is 9.91. The van der Waals surface area contributed by atoms with Crippen LogP contribution in [0.3, 0.4) is 0 Å². The molecule has 0 saturated carbocycles. The van der Waals surface area contributed by atoms with E-state index in [1.807, 2.05) is 54.6 Å². The van der Waals surface area contributed by atoms with Gasteiger partial charge >= 0.3 is 5.97 Å². The van der Waals surface area contributed by atoms with E-state index in [4.69, 9.17) is 42.7 Å². The van der Waals surface area contributed by atoms with E-state index >= 15 is 0 Å². The van der Waals surface area contributed by atoms with E-state index in [2.05, 4.69) is 17.5 Å². The fraction of sp³-hybridized carbons (Fsp3) is 0.163. The largest absolute Gasteiger partial charge is 0.489 e. The number of aliphatic carboxylic acids is 1. The standard InChI is InChI=1S/C49H36Cl2N4O7/c50-40-18-9-31(19-41(40)51)27-60-38-16-14-34(15-17-38)46-28-61-44-22-36-21-43(55(26-37(36)23-45(44)62-46)48(57)39-4-2-1-3-35(39)25-53)47(56)54-42(49(58)59)20-29-5-10-32(11-6-29)33-12-7-30(24-52)8-13-33/h1-19,22-23,42-43,46H,20-21,26-28H2,(H,54,56)(H,58,59)/t42-,43-,46?/m0/s1. The lowest BCUT2D eigenvalue weighted by molar-refractivity contribution is -0.142. The van der Waals surface area contributed by atoms with Crippen LogP contribution in [-0.4, -0.2) is 46.5 Å². The van der Waals surface area contributed by atoms with Crippen molar-refractivity contribution in [3.05, 3.63) is 182 Å². The third kappa shape index (κ3) is 9.05. The number of carbonyl (C=O) groups excluding carboxylic acids is 2. The van der Waals surface area contributed by atoms with Gasteiger partial charge in [-0.05, 0) is 99.6 Å². The molecular formula is C49H36Cl2N4O7. The number of ether oxygens (including phenoxy) is 3. The number of carbonyl (C=O) groups is 3. The molecule has 62 heavy (non-hydrogen) atoms. The number of fused-ring (bicyclic) bond motifs is 2. The van der Waals surface area contributed by atoms with Gasteiger partial charge in [0.25, 0.3) is 5.91 Å². The summed E-state index contributed by atoms with van der Waals surface area (Å²) in [4.78, 5) is 42.5. The van der Waals surface area contributed by atoms with Gasteiger partial charge in [0, 0.05) is 19.4 Å². The van der Waals surface area contributed by atoms with Gasteiger partial charge in [0.05, 0.1) is 38.9 Å². The van der Waals surface area contributed by atoms with Crippen molar-refractivity contribution in [2.24, 2.45) is 0 Å². The molecule has 0 fully saturated rings. The van der Waals surface area contributed by atoms with E-state index in [9.17, 15) is 24.8 Å². The van der Waals surface area contributed by atoms with Crippen LogP contribution in [-0.2, 0) is 35.6 Å². The van der Waals surface area contributed by atoms with E-state index in [1.54, 1.807) is 60.7 Å². The Bertz CT molecular complexity index is 2770. The number of halogens is 2. The molecule has 308 valence electrons. The molecule has 6 aromatic rings. The molecule has 0 aromatic heterocycles. The van der Waals surface area contributed by atoms with Crippen molar-refractivity contribution in [3.63, 3.8) is 0 Å². The topological polar surface area (TPSA) is 162 Å². The van der Waals surface area contributed by atoms with Crippen LogP contribution in [0.1, 0.15) is 55.4 Å². The zero-order chi connectivity index (χ0) is 43.3. The SMILES string of the molecule is N#Cc1ccc(-c2ccc(C[C@H](NC(=O)[C@@H]3Cc4cc5c(cc4CN3C(=O)c3ccccc3C#N)OC(c3ccc(OCc4ccc(Cl)c(Cl)c4)cc3)CO5)C(=O)O)cc2)cc1. The van der Waals surface area contributed by atoms with Gasteiger partial charge in [0.15, 0.2) is 17.6 Å². The van der Waals surface area contributed by atoms with Crippen molar-refractivity contribution < 1.29 is 33.7 Å². The van der Waals surface area contributed by atoms with Crippen LogP contribution in [0.15, 0.2) is 127 Å². The van der Waals surface area contributed by atoms with Crippen LogP contribution >= 0.6 is 23.2 Å². The Labute approximate surface area is 367 Å². The molecule has 0 aliphatic carbocycles. The number of nitrogens with zero attached hydrogens (tertiary/aromatic N) is 3. The normalized spacial score (nSPS) is 15.6. The van der Waals surface area contributed by atoms with Crippen molar-refractivity contribution in [2.75, 3.05) is 6.61 Å². The summed E-state index contributed by atoms with van der Waals surface area (Å²) in [5.74, 6) is -0.853. The number of rotatable bonds is 11. The third-order valence-corrected chi connectivity index (χ3v) is 11.6. The van der Waals surface area contributed by atoms with E-state index < -0.39 is 36.0 Å². The van der Waals surface area contributed by atoms with Crippen LogP contribution in [0, 0.1) is 22.7 Å². The van der Waals surface area contributed by atoms with Gasteiger partial charge in [-0.1, -0.05) is 89.9 Å². The third-order valence-electron chi connectivity index (χ3n) is 10.9. The number of nitrogens with one attached hydrogen (secondary N) is 1.